The van der Waals surface area contributed by atoms with Crippen LogP contribution in [-0.4, -0.2) is 65.1 Å². The van der Waals surface area contributed by atoms with Gasteiger partial charge in [0.2, 0.25) is 11.7 Å². The van der Waals surface area contributed by atoms with Crippen LogP contribution < -0.4 is 24.4 Å². The highest BCUT2D eigenvalue weighted by Crippen LogP contribution is 2.40. The van der Waals surface area contributed by atoms with Gasteiger partial charge in [-0.15, -0.1) is 0 Å². The molecule has 4 rings (SSSR count). The molecule has 1 aliphatic rings. The molecule has 1 aromatic carbocycles. The van der Waals surface area contributed by atoms with E-state index in [-0.39, 0.29) is 11.8 Å². The molecule has 30 heavy (non-hydrogen) atoms. The zero-order chi connectivity index (χ0) is 21.1. The zero-order valence-corrected chi connectivity index (χ0v) is 16.8. The van der Waals surface area contributed by atoms with Gasteiger partial charge in [0.15, 0.2) is 17.3 Å². The van der Waals surface area contributed by atoms with Crippen molar-refractivity contribution in [2.24, 2.45) is 5.92 Å². The van der Waals surface area contributed by atoms with E-state index in [4.69, 9.17) is 14.2 Å². The van der Waals surface area contributed by atoms with Crippen molar-refractivity contribution in [2.75, 3.05) is 44.6 Å². The summed E-state index contributed by atoms with van der Waals surface area (Å²) in [6.07, 6.45) is 4.47. The maximum absolute atomic E-state index is 12.7. The first-order valence-corrected chi connectivity index (χ1v) is 9.15. The summed E-state index contributed by atoms with van der Waals surface area (Å²) in [4.78, 5) is 27.1. The van der Waals surface area contributed by atoms with Gasteiger partial charge >= 0.3 is 0 Å². The molecule has 0 aliphatic carbocycles. The van der Waals surface area contributed by atoms with Gasteiger partial charge in [-0.05, 0) is 0 Å². The van der Waals surface area contributed by atoms with Gasteiger partial charge in [-0.1, -0.05) is 0 Å². The van der Waals surface area contributed by atoms with Crippen LogP contribution in [0.5, 0.6) is 17.2 Å². The highest BCUT2D eigenvalue weighted by atomic mass is 16.5. The second-order valence-corrected chi connectivity index (χ2v) is 6.58. The van der Waals surface area contributed by atoms with Gasteiger partial charge in [0.1, 0.15) is 24.8 Å². The predicted octanol–water partition coefficient (Wildman–Crippen LogP) is 1.16. The molecule has 0 saturated carbocycles. The van der Waals surface area contributed by atoms with E-state index < -0.39 is 0 Å². The molecule has 2 aromatic heterocycles. The van der Waals surface area contributed by atoms with Gasteiger partial charge in [-0.2, -0.15) is 5.10 Å². The summed E-state index contributed by atoms with van der Waals surface area (Å²) >= 11 is 0. The minimum atomic E-state index is -0.172. The number of nitrogens with one attached hydrogen (secondary N) is 1. The predicted molar refractivity (Wildman–Crippen MR) is 107 cm³/mol. The van der Waals surface area contributed by atoms with Gasteiger partial charge in [0.25, 0.3) is 0 Å². The molecule has 3 heterocycles. The Morgan fingerprint density at radius 1 is 1.00 bits per heavy atom. The Bertz CT molecular complexity index is 1010. The first-order valence-electron chi connectivity index (χ1n) is 9.15. The molecular formula is C19H21N7O4. The number of rotatable bonds is 7. The highest BCUT2D eigenvalue weighted by Gasteiger charge is 2.34. The molecule has 1 aliphatic heterocycles. The van der Waals surface area contributed by atoms with Crippen LogP contribution in [0, 0.1) is 5.92 Å². The number of ether oxygens (including phenoxy) is 3. The summed E-state index contributed by atoms with van der Waals surface area (Å²) < 4.78 is 17.5. The largest absolute Gasteiger partial charge is 0.493 e. The lowest BCUT2D eigenvalue weighted by Crippen LogP contribution is -2.52. The molecule has 1 N–H and O–H groups in total. The number of hydrogen-bond acceptors (Lipinski definition) is 9. The Labute approximate surface area is 172 Å². The molecule has 3 aromatic rings. The Balaban J connectivity index is 1.41. The van der Waals surface area contributed by atoms with Crippen molar-refractivity contribution in [2.45, 2.75) is 0 Å². The van der Waals surface area contributed by atoms with E-state index in [9.17, 15) is 4.79 Å². The number of nitrogens with zero attached hydrogens (tertiary/aromatic N) is 6. The molecule has 0 unspecified atom stereocenters. The lowest BCUT2D eigenvalue weighted by Gasteiger charge is -2.39. The van der Waals surface area contributed by atoms with Crippen LogP contribution in [0.15, 0.2) is 37.2 Å². The molecule has 11 heteroatoms. The van der Waals surface area contributed by atoms with Crippen LogP contribution in [0.1, 0.15) is 0 Å². The zero-order valence-electron chi connectivity index (χ0n) is 16.8. The second-order valence-electron chi connectivity index (χ2n) is 6.58. The number of carbonyl (C=O) groups excluding carboxylic acids is 1. The van der Waals surface area contributed by atoms with E-state index in [1.807, 2.05) is 11.0 Å². The third-order valence-electron chi connectivity index (χ3n) is 4.80. The van der Waals surface area contributed by atoms with Gasteiger partial charge in [0.05, 0.1) is 27.2 Å². The number of amides is 1. The normalized spacial score (nSPS) is 13.5. The van der Waals surface area contributed by atoms with Crippen LogP contribution >= 0.6 is 0 Å². The van der Waals surface area contributed by atoms with Crippen LogP contribution in [-0.2, 0) is 4.79 Å². The van der Waals surface area contributed by atoms with Crippen molar-refractivity contribution in [3.8, 4) is 23.1 Å². The maximum atomic E-state index is 12.7. The molecule has 156 valence electrons. The molecule has 0 radical (unpaired) electrons. The summed E-state index contributed by atoms with van der Waals surface area (Å²) in [7, 11) is 4.59. The lowest BCUT2D eigenvalue weighted by molar-refractivity contribution is -0.120. The molecule has 1 amide bonds. The molecule has 11 nitrogen and oxygen atoms in total. The monoisotopic (exact) mass is 411 g/mol. The second kappa shape index (κ2) is 8.23. The summed E-state index contributed by atoms with van der Waals surface area (Å²) in [5.74, 6) is 2.50. The van der Waals surface area contributed by atoms with Crippen LogP contribution in [0.25, 0.3) is 5.82 Å². The molecule has 0 bridgehead atoms. The molecule has 0 spiro atoms. The fourth-order valence-electron chi connectivity index (χ4n) is 3.19. The van der Waals surface area contributed by atoms with Gasteiger partial charge in [0, 0.05) is 37.0 Å². The minimum Gasteiger partial charge on any atom is -0.493 e. The van der Waals surface area contributed by atoms with Crippen molar-refractivity contribution in [3.63, 3.8) is 0 Å². The Morgan fingerprint density at radius 3 is 2.30 bits per heavy atom. The standard InChI is InChI=1S/C19H21N7O4/c1-28-14-4-13(5-15(29-2)18(14)30-3)24-19(27)12-7-25(8-12)16-6-17(22-10-21-16)26-11-20-9-23-26/h4-6,9-12H,7-8H2,1-3H3,(H,24,27). The minimum absolute atomic E-state index is 0.0916. The van der Waals surface area contributed by atoms with Crippen LogP contribution in [0.4, 0.5) is 11.5 Å². The highest BCUT2D eigenvalue weighted by molar-refractivity contribution is 5.95. The van der Waals surface area contributed by atoms with Crippen LogP contribution in [0.2, 0.25) is 0 Å². The molecule has 1 fully saturated rings. The summed E-state index contributed by atoms with van der Waals surface area (Å²) in [6.45, 7) is 1.09. The van der Waals surface area contributed by atoms with E-state index in [2.05, 4.69) is 25.4 Å². The van der Waals surface area contributed by atoms with Crippen molar-refractivity contribution in [1.29, 1.82) is 0 Å². The van der Waals surface area contributed by atoms with Crippen molar-refractivity contribution in [3.05, 3.63) is 37.2 Å². The number of aromatic nitrogens is 5. The third kappa shape index (κ3) is 3.69. The molecule has 0 atom stereocenters. The summed E-state index contributed by atoms with van der Waals surface area (Å²) in [5, 5.41) is 6.98. The smallest absolute Gasteiger partial charge is 0.231 e. The summed E-state index contributed by atoms with van der Waals surface area (Å²) in [6, 6.07) is 5.21. The number of methoxy groups -OCH3 is 3. The van der Waals surface area contributed by atoms with Crippen molar-refractivity contribution in [1.82, 2.24) is 24.7 Å². The topological polar surface area (TPSA) is 117 Å². The molecular weight excluding hydrogens is 390 g/mol. The third-order valence-corrected chi connectivity index (χ3v) is 4.80. The number of hydrogen-bond donors (Lipinski definition) is 1. The number of carbonyl (C=O) groups is 1. The Kier molecular flexibility index (Phi) is 5.33. The average Bonchev–Trinajstić information content (AvgIpc) is 3.27. The lowest BCUT2D eigenvalue weighted by atomic mass is 9.99. The SMILES string of the molecule is COc1cc(NC(=O)C2CN(c3cc(-n4cncn4)ncn3)C2)cc(OC)c1OC. The Hall–Kier alpha value is -3.89. The van der Waals surface area contributed by atoms with Gasteiger partial charge in [-0.3, -0.25) is 4.79 Å². The van der Waals surface area contributed by atoms with Gasteiger partial charge in [-0.25, -0.2) is 19.6 Å². The first kappa shape index (κ1) is 19.4. The van der Waals surface area contributed by atoms with E-state index in [1.165, 1.54) is 34.0 Å². The van der Waals surface area contributed by atoms with Crippen molar-refractivity contribution < 1.29 is 19.0 Å². The Morgan fingerprint density at radius 2 is 1.70 bits per heavy atom. The maximum Gasteiger partial charge on any atom is 0.231 e. The number of benzene rings is 1. The quantitative estimate of drug-likeness (QED) is 0.611. The summed E-state index contributed by atoms with van der Waals surface area (Å²) in [5.41, 5.74) is 0.573. The van der Waals surface area contributed by atoms with E-state index >= 15 is 0 Å². The fourth-order valence-corrected chi connectivity index (χ4v) is 3.19. The first-order chi connectivity index (χ1) is 14.6. The fraction of sp³-hybridized carbons (Fsp3) is 0.316. The number of anilines is 2. The average molecular weight is 411 g/mol. The molecule has 1 saturated heterocycles. The van der Waals surface area contributed by atoms with E-state index in [1.54, 1.807) is 23.1 Å². The van der Waals surface area contributed by atoms with Gasteiger partial charge < -0.3 is 24.4 Å². The van der Waals surface area contributed by atoms with Crippen LogP contribution in [0.3, 0.4) is 0 Å². The van der Waals surface area contributed by atoms with Crippen molar-refractivity contribution >= 4 is 17.4 Å². The van der Waals surface area contributed by atoms with E-state index in [0.717, 1.165) is 5.82 Å². The van der Waals surface area contributed by atoms with E-state index in [0.29, 0.717) is 41.8 Å².